The third kappa shape index (κ3) is 3.50. The van der Waals surface area contributed by atoms with Gasteiger partial charge >= 0.3 is 11.9 Å². The second-order valence-electron chi connectivity index (χ2n) is 6.15. The summed E-state index contributed by atoms with van der Waals surface area (Å²) in [7, 11) is 0. The second-order valence-corrected chi connectivity index (χ2v) is 6.15. The van der Waals surface area contributed by atoms with Crippen molar-refractivity contribution in [3.63, 3.8) is 0 Å². The van der Waals surface area contributed by atoms with E-state index in [0.29, 0.717) is 35.6 Å². The zero-order valence-electron chi connectivity index (χ0n) is 14.1. The van der Waals surface area contributed by atoms with E-state index in [9.17, 15) is 14.7 Å². The molecule has 0 aliphatic carbocycles. The van der Waals surface area contributed by atoms with Gasteiger partial charge in [-0.15, -0.1) is 0 Å². The predicted octanol–water partition coefficient (Wildman–Crippen LogP) is 2.29. The van der Waals surface area contributed by atoms with Crippen LogP contribution in [0.4, 0.5) is 11.5 Å². The fourth-order valence-corrected chi connectivity index (χ4v) is 3.21. The Labute approximate surface area is 145 Å². The summed E-state index contributed by atoms with van der Waals surface area (Å²) in [6.07, 6.45) is 1.60. The van der Waals surface area contributed by atoms with Crippen LogP contribution < -0.4 is 10.6 Å². The molecular weight excluding hydrogens is 322 g/mol. The molecule has 25 heavy (non-hydrogen) atoms. The third-order valence-corrected chi connectivity index (χ3v) is 4.41. The predicted molar refractivity (Wildman–Crippen MR) is 94.7 cm³/mol. The number of hydrogen-bond donors (Lipinski definition) is 2. The van der Waals surface area contributed by atoms with Gasteiger partial charge in [0.1, 0.15) is 5.82 Å². The number of hydrogen-bond acceptors (Lipinski definition) is 6. The minimum absolute atomic E-state index is 0.158. The average molecular weight is 343 g/mol. The molecule has 0 bridgehead atoms. The Hall–Kier alpha value is -2.83. The minimum Gasteiger partial charge on any atom is -0.478 e. The number of esters is 1. The highest BCUT2D eigenvalue weighted by molar-refractivity contribution is 6.04. The largest absolute Gasteiger partial charge is 0.478 e. The fourth-order valence-electron chi connectivity index (χ4n) is 3.21. The number of carboxylic acids is 1. The molecule has 1 aromatic carbocycles. The molecule has 2 heterocycles. The number of benzene rings is 1. The number of fused-ring (bicyclic) bond motifs is 1. The first-order valence-corrected chi connectivity index (χ1v) is 8.34. The van der Waals surface area contributed by atoms with Crippen LogP contribution in [-0.2, 0) is 9.53 Å². The van der Waals surface area contributed by atoms with Crippen molar-refractivity contribution >= 4 is 34.3 Å². The number of aromatic nitrogens is 1. The first-order valence-electron chi connectivity index (χ1n) is 8.34. The maximum absolute atomic E-state index is 12.0. The standard InChI is InChI=1S/C18H21N3O4/c1-2-25-18(24)11-4-3-7-21(10-11)16-9-14(17(22)23)13-8-12(19)5-6-15(13)20-16/h5-6,8-9,11H,2-4,7,10,19H2,1H3,(H,22,23). The van der Waals surface area contributed by atoms with Crippen LogP contribution in [0.25, 0.3) is 10.9 Å². The molecule has 1 aliphatic heterocycles. The zero-order valence-corrected chi connectivity index (χ0v) is 14.1. The lowest BCUT2D eigenvalue weighted by Gasteiger charge is -2.32. The van der Waals surface area contributed by atoms with Gasteiger partial charge in [0.05, 0.1) is 23.6 Å². The lowest BCUT2D eigenvalue weighted by Crippen LogP contribution is -2.40. The maximum Gasteiger partial charge on any atom is 0.336 e. The molecule has 1 fully saturated rings. The van der Waals surface area contributed by atoms with Crippen LogP contribution in [0.2, 0.25) is 0 Å². The first kappa shape index (κ1) is 17.0. The van der Waals surface area contributed by atoms with Gasteiger partial charge in [0.2, 0.25) is 0 Å². The number of nitrogen functional groups attached to an aromatic ring is 1. The number of piperidine rings is 1. The van der Waals surface area contributed by atoms with Crippen molar-refractivity contribution < 1.29 is 19.4 Å². The fraction of sp³-hybridized carbons (Fsp3) is 0.389. The third-order valence-electron chi connectivity index (χ3n) is 4.41. The van der Waals surface area contributed by atoms with Crippen molar-refractivity contribution in [2.24, 2.45) is 5.92 Å². The number of pyridine rings is 1. The van der Waals surface area contributed by atoms with Crippen molar-refractivity contribution in [3.8, 4) is 0 Å². The van der Waals surface area contributed by atoms with E-state index in [1.807, 2.05) is 4.90 Å². The van der Waals surface area contributed by atoms with Gasteiger partial charge < -0.3 is 20.5 Å². The Morgan fingerprint density at radius 3 is 2.92 bits per heavy atom. The molecule has 1 aromatic heterocycles. The zero-order chi connectivity index (χ0) is 18.0. The van der Waals surface area contributed by atoms with Crippen LogP contribution in [0.5, 0.6) is 0 Å². The summed E-state index contributed by atoms with van der Waals surface area (Å²) in [5, 5.41) is 10.1. The molecule has 132 valence electrons. The SMILES string of the molecule is CCOC(=O)C1CCCN(c2cc(C(=O)O)c3cc(N)ccc3n2)C1. The molecule has 0 saturated carbocycles. The van der Waals surface area contributed by atoms with Crippen LogP contribution >= 0.6 is 0 Å². The molecule has 7 nitrogen and oxygen atoms in total. The minimum atomic E-state index is -1.03. The summed E-state index contributed by atoms with van der Waals surface area (Å²) in [4.78, 5) is 30.2. The lowest BCUT2D eigenvalue weighted by molar-refractivity contribution is -0.148. The molecule has 0 amide bonds. The molecule has 3 rings (SSSR count). The van der Waals surface area contributed by atoms with Gasteiger partial charge in [0.25, 0.3) is 0 Å². The quantitative estimate of drug-likeness (QED) is 0.648. The summed E-state index contributed by atoms with van der Waals surface area (Å²) in [6.45, 7) is 3.34. The van der Waals surface area contributed by atoms with Crippen molar-refractivity contribution in [2.75, 3.05) is 30.3 Å². The summed E-state index contributed by atoms with van der Waals surface area (Å²) in [6, 6.07) is 6.58. The van der Waals surface area contributed by atoms with Gasteiger partial charge in [-0.3, -0.25) is 4.79 Å². The summed E-state index contributed by atoms with van der Waals surface area (Å²) in [5.41, 5.74) is 6.99. The monoisotopic (exact) mass is 343 g/mol. The van der Waals surface area contributed by atoms with Gasteiger partial charge in [-0.25, -0.2) is 9.78 Å². The molecular formula is C18H21N3O4. The van der Waals surface area contributed by atoms with E-state index in [4.69, 9.17) is 10.5 Å². The topological polar surface area (TPSA) is 106 Å². The first-order chi connectivity index (χ1) is 12.0. The van der Waals surface area contributed by atoms with Crippen LogP contribution in [-0.4, -0.2) is 41.7 Å². The molecule has 3 N–H and O–H groups in total. The van der Waals surface area contributed by atoms with Crippen molar-refractivity contribution in [3.05, 3.63) is 29.8 Å². The molecule has 1 aliphatic rings. The van der Waals surface area contributed by atoms with Gasteiger partial charge in [-0.2, -0.15) is 0 Å². The molecule has 0 radical (unpaired) electrons. The van der Waals surface area contributed by atoms with E-state index >= 15 is 0 Å². The number of carbonyl (C=O) groups is 2. The number of carbonyl (C=O) groups excluding carboxylic acids is 1. The van der Waals surface area contributed by atoms with E-state index in [1.165, 1.54) is 0 Å². The molecule has 1 saturated heterocycles. The van der Waals surface area contributed by atoms with Crippen LogP contribution in [0.15, 0.2) is 24.3 Å². The Kier molecular flexibility index (Phi) is 4.74. The second kappa shape index (κ2) is 6.96. The number of ether oxygens (including phenoxy) is 1. The molecule has 2 aromatic rings. The highest BCUT2D eigenvalue weighted by atomic mass is 16.5. The van der Waals surface area contributed by atoms with E-state index in [-0.39, 0.29) is 17.5 Å². The van der Waals surface area contributed by atoms with Gasteiger partial charge in [0, 0.05) is 24.2 Å². The number of nitrogens with zero attached hydrogens (tertiary/aromatic N) is 2. The van der Waals surface area contributed by atoms with E-state index in [0.717, 1.165) is 19.4 Å². The molecule has 1 atom stereocenters. The smallest absolute Gasteiger partial charge is 0.336 e. The number of rotatable bonds is 4. The molecule has 0 spiro atoms. The molecule has 1 unspecified atom stereocenters. The van der Waals surface area contributed by atoms with E-state index in [1.54, 1.807) is 31.2 Å². The van der Waals surface area contributed by atoms with Crippen LogP contribution in [0.3, 0.4) is 0 Å². The van der Waals surface area contributed by atoms with E-state index in [2.05, 4.69) is 4.98 Å². The maximum atomic E-state index is 12.0. The molecule has 7 heteroatoms. The number of carboxylic acid groups (broad SMARTS) is 1. The summed E-state index contributed by atoms with van der Waals surface area (Å²) >= 11 is 0. The van der Waals surface area contributed by atoms with Gasteiger partial charge in [0.15, 0.2) is 0 Å². The summed E-state index contributed by atoms with van der Waals surface area (Å²) < 4.78 is 5.12. The van der Waals surface area contributed by atoms with Gasteiger partial charge in [-0.05, 0) is 44.0 Å². The highest BCUT2D eigenvalue weighted by Crippen LogP contribution is 2.28. The lowest BCUT2D eigenvalue weighted by atomic mass is 9.98. The Balaban J connectivity index is 1.96. The van der Waals surface area contributed by atoms with Crippen molar-refractivity contribution in [1.29, 1.82) is 0 Å². The number of anilines is 2. The van der Waals surface area contributed by atoms with Gasteiger partial charge in [-0.1, -0.05) is 0 Å². The Bertz CT molecular complexity index is 821. The van der Waals surface area contributed by atoms with Crippen molar-refractivity contribution in [2.45, 2.75) is 19.8 Å². The Morgan fingerprint density at radius 2 is 2.20 bits per heavy atom. The highest BCUT2D eigenvalue weighted by Gasteiger charge is 2.28. The summed E-state index contributed by atoms with van der Waals surface area (Å²) in [5.74, 6) is -0.896. The average Bonchev–Trinajstić information content (AvgIpc) is 2.61. The normalized spacial score (nSPS) is 17.5. The number of nitrogens with two attached hydrogens (primary N) is 1. The Morgan fingerprint density at radius 1 is 1.40 bits per heavy atom. The van der Waals surface area contributed by atoms with Crippen LogP contribution in [0, 0.1) is 5.92 Å². The number of aromatic carboxylic acids is 1. The van der Waals surface area contributed by atoms with E-state index < -0.39 is 5.97 Å². The van der Waals surface area contributed by atoms with Crippen LogP contribution in [0.1, 0.15) is 30.1 Å². The van der Waals surface area contributed by atoms with Crippen molar-refractivity contribution in [1.82, 2.24) is 4.98 Å².